The molecular weight excluding hydrogens is 178 g/mol. The third kappa shape index (κ3) is 11.6. The molecule has 3 nitrogen and oxygen atoms in total. The van der Waals surface area contributed by atoms with Gasteiger partial charge in [-0.2, -0.15) is 0 Å². The van der Waals surface area contributed by atoms with Crippen molar-refractivity contribution in [3.05, 3.63) is 0 Å². The highest BCUT2D eigenvalue weighted by Gasteiger charge is 1.93. The number of ketones is 1. The van der Waals surface area contributed by atoms with Gasteiger partial charge >= 0.3 is 0 Å². The molecule has 0 radical (unpaired) electrons. The minimum atomic E-state index is 0. The summed E-state index contributed by atoms with van der Waals surface area (Å²) >= 11 is 0. The molecule has 0 aliphatic rings. The second-order valence-electron chi connectivity index (χ2n) is 3.48. The maximum Gasteiger partial charge on any atom is 0.129 e. The highest BCUT2D eigenvalue weighted by molar-refractivity contribution is 5.75. The van der Waals surface area contributed by atoms with Crippen molar-refractivity contribution in [2.75, 3.05) is 26.3 Å². The predicted molar refractivity (Wildman–Crippen MR) is 60.6 cm³/mol. The van der Waals surface area contributed by atoms with E-state index in [1.54, 1.807) is 6.92 Å². The molecule has 1 N–H and O–H groups in total. The lowest BCUT2D eigenvalue weighted by atomic mass is 10.2. The van der Waals surface area contributed by atoms with E-state index >= 15 is 0 Å². The first-order valence-corrected chi connectivity index (χ1v) is 5.55. The molecule has 0 heterocycles. The van der Waals surface area contributed by atoms with Gasteiger partial charge in [0.25, 0.3) is 0 Å². The number of hydrogen-bond donors (Lipinski definition) is 1. The fourth-order valence-electron chi connectivity index (χ4n) is 1.16. The number of ether oxygens (including phenoxy) is 1. The lowest BCUT2D eigenvalue weighted by molar-refractivity contribution is -0.117. The van der Waals surface area contributed by atoms with Crippen LogP contribution in [0.3, 0.4) is 0 Å². The number of unbranched alkanes of at least 4 members (excludes halogenated alkanes) is 1. The first kappa shape index (κ1) is 13.6. The molecule has 14 heavy (non-hydrogen) atoms. The molecule has 0 aliphatic carbocycles. The van der Waals surface area contributed by atoms with Crippen LogP contribution in [-0.2, 0) is 9.53 Å². The molecule has 0 aromatic carbocycles. The van der Waals surface area contributed by atoms with Gasteiger partial charge < -0.3 is 14.8 Å². The smallest absolute Gasteiger partial charge is 0.129 e. The zero-order valence-corrected chi connectivity index (χ0v) is 9.47. The Labute approximate surface area is 88.7 Å². The molecule has 0 aromatic heterocycles. The van der Waals surface area contributed by atoms with E-state index in [9.17, 15) is 4.79 Å². The van der Waals surface area contributed by atoms with Crippen LogP contribution in [0.25, 0.3) is 0 Å². The second kappa shape index (κ2) is 10.7. The van der Waals surface area contributed by atoms with E-state index in [4.69, 9.17) is 4.74 Å². The summed E-state index contributed by atoms with van der Waals surface area (Å²) < 4.78 is 5.41. The van der Waals surface area contributed by atoms with E-state index in [2.05, 4.69) is 12.2 Å². The number of hydrogen-bond acceptors (Lipinski definition) is 3. The molecule has 0 fully saturated rings. The predicted octanol–water partition coefficient (Wildman–Crippen LogP) is 2.01. The standard InChI is InChI=1S/C11H23NO2.H2/c1-3-12-8-6-10-14-9-5-4-7-11(2)13;/h12H,3-10H2,1-2H3;1H. The molecule has 0 aliphatic heterocycles. The van der Waals surface area contributed by atoms with Crippen molar-refractivity contribution in [1.29, 1.82) is 0 Å². The summed E-state index contributed by atoms with van der Waals surface area (Å²) in [4.78, 5) is 10.6. The van der Waals surface area contributed by atoms with E-state index in [1.807, 2.05) is 0 Å². The van der Waals surface area contributed by atoms with Crippen molar-refractivity contribution >= 4 is 5.78 Å². The van der Waals surface area contributed by atoms with Gasteiger partial charge in [-0.1, -0.05) is 6.92 Å². The summed E-state index contributed by atoms with van der Waals surface area (Å²) in [6, 6.07) is 0. The Kier molecular flexibility index (Phi) is 10.4. The van der Waals surface area contributed by atoms with E-state index < -0.39 is 0 Å². The molecule has 0 unspecified atom stereocenters. The lowest BCUT2D eigenvalue weighted by Crippen LogP contribution is -2.15. The fraction of sp³-hybridized carbons (Fsp3) is 0.909. The minimum absolute atomic E-state index is 0. The maximum atomic E-state index is 10.6. The summed E-state index contributed by atoms with van der Waals surface area (Å²) in [5.74, 6) is 0.275. The first-order valence-electron chi connectivity index (χ1n) is 5.55. The van der Waals surface area contributed by atoms with Gasteiger partial charge in [0.05, 0.1) is 0 Å². The van der Waals surface area contributed by atoms with Gasteiger partial charge in [0.15, 0.2) is 0 Å². The maximum absolute atomic E-state index is 10.6. The monoisotopic (exact) mass is 203 g/mol. The van der Waals surface area contributed by atoms with Crippen LogP contribution >= 0.6 is 0 Å². The van der Waals surface area contributed by atoms with Gasteiger partial charge in [-0.3, -0.25) is 0 Å². The van der Waals surface area contributed by atoms with E-state index in [0.29, 0.717) is 6.42 Å². The van der Waals surface area contributed by atoms with E-state index in [-0.39, 0.29) is 7.21 Å². The summed E-state index contributed by atoms with van der Waals surface area (Å²) in [5, 5.41) is 3.24. The largest absolute Gasteiger partial charge is 0.381 e. The fourth-order valence-corrected chi connectivity index (χ4v) is 1.16. The summed E-state index contributed by atoms with van der Waals surface area (Å²) in [6.45, 7) is 7.41. The molecule has 0 bridgehead atoms. The van der Waals surface area contributed by atoms with Crippen molar-refractivity contribution in [3.63, 3.8) is 0 Å². The molecule has 0 atom stereocenters. The van der Waals surface area contributed by atoms with Crippen LogP contribution in [-0.4, -0.2) is 32.1 Å². The highest BCUT2D eigenvalue weighted by Crippen LogP contribution is 1.96. The second-order valence-corrected chi connectivity index (χ2v) is 3.48. The SMILES string of the molecule is CCNCCCOCCCCC(C)=O.[HH]. The molecule has 0 saturated carbocycles. The van der Waals surface area contributed by atoms with Crippen molar-refractivity contribution in [2.45, 2.75) is 39.5 Å². The number of Topliss-reactive ketones (excluding diaryl/α,β-unsaturated/α-hetero) is 1. The highest BCUT2D eigenvalue weighted by atomic mass is 16.5. The summed E-state index contributed by atoms with van der Waals surface area (Å²) in [7, 11) is 0. The van der Waals surface area contributed by atoms with Gasteiger partial charge in [-0.15, -0.1) is 0 Å². The van der Waals surface area contributed by atoms with Crippen LogP contribution in [0.15, 0.2) is 0 Å². The van der Waals surface area contributed by atoms with Crippen molar-refractivity contribution in [1.82, 2.24) is 5.32 Å². The van der Waals surface area contributed by atoms with Gasteiger partial charge in [0.2, 0.25) is 0 Å². The number of nitrogens with one attached hydrogen (secondary N) is 1. The molecule has 0 spiro atoms. The Bertz CT molecular complexity index is 143. The van der Waals surface area contributed by atoms with Crippen LogP contribution in [0.2, 0.25) is 0 Å². The van der Waals surface area contributed by atoms with Gasteiger partial charge in [0.1, 0.15) is 5.78 Å². The molecule has 0 aromatic rings. The van der Waals surface area contributed by atoms with Crippen LogP contribution in [0, 0.1) is 0 Å². The Morgan fingerprint density at radius 3 is 2.64 bits per heavy atom. The Hall–Kier alpha value is -0.410. The number of rotatable bonds is 10. The molecule has 0 rings (SSSR count). The van der Waals surface area contributed by atoms with Gasteiger partial charge in [0, 0.05) is 21.1 Å². The molecule has 0 amide bonds. The van der Waals surface area contributed by atoms with Crippen LogP contribution in [0.1, 0.15) is 41.0 Å². The molecule has 0 saturated heterocycles. The zero-order chi connectivity index (χ0) is 10.6. The Balaban J connectivity index is 0. The Morgan fingerprint density at radius 2 is 2.00 bits per heavy atom. The Morgan fingerprint density at radius 1 is 1.29 bits per heavy atom. The zero-order valence-electron chi connectivity index (χ0n) is 9.47. The van der Waals surface area contributed by atoms with Gasteiger partial charge in [-0.25, -0.2) is 0 Å². The molecular formula is C11H25NO2. The van der Waals surface area contributed by atoms with Crippen LogP contribution in [0.4, 0.5) is 0 Å². The molecule has 3 heteroatoms. The van der Waals surface area contributed by atoms with Gasteiger partial charge in [-0.05, 0) is 39.3 Å². The van der Waals surface area contributed by atoms with Crippen LogP contribution in [0.5, 0.6) is 0 Å². The molecule has 86 valence electrons. The van der Waals surface area contributed by atoms with Crippen molar-refractivity contribution in [2.24, 2.45) is 0 Å². The number of carbonyl (C=O) groups is 1. The quantitative estimate of drug-likeness (QED) is 0.552. The van der Waals surface area contributed by atoms with Crippen molar-refractivity contribution < 1.29 is 11.0 Å². The first-order chi connectivity index (χ1) is 6.77. The summed E-state index contributed by atoms with van der Waals surface area (Å²) in [6.07, 6.45) is 3.73. The number of carbonyl (C=O) groups excluding carboxylic acids is 1. The summed E-state index contributed by atoms with van der Waals surface area (Å²) in [5.41, 5.74) is 0. The third-order valence-corrected chi connectivity index (χ3v) is 1.96. The minimum Gasteiger partial charge on any atom is -0.381 e. The topological polar surface area (TPSA) is 38.3 Å². The third-order valence-electron chi connectivity index (χ3n) is 1.96. The normalized spacial score (nSPS) is 10.4. The lowest BCUT2D eigenvalue weighted by Gasteiger charge is -2.03. The van der Waals surface area contributed by atoms with E-state index in [0.717, 1.165) is 45.6 Å². The average Bonchev–Trinajstić information content (AvgIpc) is 2.15. The van der Waals surface area contributed by atoms with Crippen molar-refractivity contribution in [3.8, 4) is 0 Å². The van der Waals surface area contributed by atoms with E-state index in [1.165, 1.54) is 0 Å². The van der Waals surface area contributed by atoms with Crippen LogP contribution < -0.4 is 5.32 Å². The average molecular weight is 203 g/mol.